The maximum Gasteiger partial charge on any atom is 0.344 e. The summed E-state index contributed by atoms with van der Waals surface area (Å²) in [6.45, 7) is -9.91. The highest BCUT2D eigenvalue weighted by Gasteiger charge is 2.80. The molecule has 10 atom stereocenters. The van der Waals surface area contributed by atoms with E-state index in [0.717, 1.165) is 21.1 Å². The van der Waals surface area contributed by atoms with E-state index in [-0.39, 0.29) is 51.2 Å². The molecule has 0 radical (unpaired) electrons. The molecule has 2 N–H and O–H groups in total. The van der Waals surface area contributed by atoms with E-state index < -0.39 is 115 Å². The van der Waals surface area contributed by atoms with Gasteiger partial charge in [-0.25, -0.2) is 13.6 Å². The number of nitrogens with one attached hydrogen (secondary N) is 1. The van der Waals surface area contributed by atoms with E-state index in [4.69, 9.17) is 23.1 Å². The molecule has 1 saturated carbocycles. The van der Waals surface area contributed by atoms with Crippen LogP contribution in [0.2, 0.25) is 0 Å². The summed E-state index contributed by atoms with van der Waals surface area (Å²) in [6.07, 6.45) is -3.47. The van der Waals surface area contributed by atoms with E-state index in [2.05, 4.69) is 9.88 Å². The number of ether oxygens (including phenoxy) is 4. The second-order valence-electron chi connectivity index (χ2n) is 16.4. The molecule has 2 saturated heterocycles. The Balaban J connectivity index is 1.44. The Morgan fingerprint density at radius 2 is 1.86 bits per heavy atom. The minimum Gasteiger partial charge on any atom is -0.496 e. The van der Waals surface area contributed by atoms with Gasteiger partial charge in [0.2, 0.25) is 11.5 Å². The summed E-state index contributed by atoms with van der Waals surface area (Å²) in [5.41, 5.74) is -7.70. The molecule has 1 spiro atoms. The lowest BCUT2D eigenvalue weighted by Crippen LogP contribution is -2.81. The number of aromatic amines is 1. The second-order valence-corrected chi connectivity index (χ2v) is 16.4. The van der Waals surface area contributed by atoms with Crippen LogP contribution >= 0.6 is 0 Å². The van der Waals surface area contributed by atoms with Crippen LogP contribution in [0.3, 0.4) is 0 Å². The zero-order chi connectivity index (χ0) is 51.7. The summed E-state index contributed by atoms with van der Waals surface area (Å²) in [7, 11) is 4.86. The Kier molecular flexibility index (Phi) is 6.60. The second kappa shape index (κ2) is 13.5. The van der Waals surface area contributed by atoms with Crippen LogP contribution in [0.15, 0.2) is 48.6 Å². The van der Waals surface area contributed by atoms with E-state index in [9.17, 15) is 25.7 Å². The van der Waals surface area contributed by atoms with Gasteiger partial charge in [0, 0.05) is 112 Å². The van der Waals surface area contributed by atoms with Gasteiger partial charge in [0.15, 0.2) is 6.10 Å². The average Bonchev–Trinajstić information content (AvgIpc) is 3.95. The van der Waals surface area contributed by atoms with Gasteiger partial charge in [-0.2, -0.15) is 0 Å². The minimum atomic E-state index is -5.62. The Bertz CT molecular complexity index is 2780. The summed E-state index contributed by atoms with van der Waals surface area (Å²) in [5, 5.41) is 13.5. The fraction of sp³-hybridized carbons (Fsp3) is 0.578. The van der Waals surface area contributed by atoms with Crippen molar-refractivity contribution in [3.8, 4) is 5.75 Å². The predicted octanol–water partition coefficient (Wildman–Crippen LogP) is 5.08. The molecule has 3 unspecified atom stereocenters. The fourth-order valence-corrected chi connectivity index (χ4v) is 11.9. The fourth-order valence-electron chi connectivity index (χ4n) is 11.9. The molecular formula is C45H54F2N4O8. The summed E-state index contributed by atoms with van der Waals surface area (Å²) in [5.74, 6) is -17.7. The van der Waals surface area contributed by atoms with Gasteiger partial charge < -0.3 is 33.9 Å². The van der Waals surface area contributed by atoms with Crippen molar-refractivity contribution in [2.24, 2.45) is 17.2 Å². The molecule has 14 heteroatoms. The van der Waals surface area contributed by atoms with Gasteiger partial charge in [-0.15, -0.1) is 0 Å². The predicted molar refractivity (Wildman–Crippen MR) is 214 cm³/mol. The van der Waals surface area contributed by atoms with Gasteiger partial charge in [0.05, 0.1) is 27.4 Å². The number of anilines is 1. The molecule has 2 aromatic carbocycles. The molecule has 9 rings (SSSR count). The first-order valence-electron chi connectivity index (χ1n) is 25.0. The van der Waals surface area contributed by atoms with Crippen molar-refractivity contribution in [3.63, 3.8) is 0 Å². The normalized spacial score (nSPS) is 43.8. The molecule has 3 aromatic rings. The summed E-state index contributed by atoms with van der Waals surface area (Å²) < 4.78 is 157. The molecular weight excluding hydrogens is 763 g/mol. The molecule has 6 aliphatic rings. The number of H-pyrrole nitrogens is 1. The first-order valence-corrected chi connectivity index (χ1v) is 19.5. The summed E-state index contributed by atoms with van der Waals surface area (Å²) in [4.78, 5) is 50.1. The SMILES string of the molecule is [2H]C([2H])([2H])C(F)(F)[C@@]1([2H])C([2H])([2H])N2Cc3c([nH]c4ccccc34)[C@@](C(=O)OC)(c3cc4c(cc3OC)N(C)C3[C@]45CCN4CC=C[C@](CC)(C45)[C@@H](OC(C)=O)[C@]3(O)C(=O)OC)C[C@@]([2H])(C2([2H])[2H])C1([2H])[2H]. The van der Waals surface area contributed by atoms with Crippen LogP contribution in [0.1, 0.15) is 83.8 Å². The first kappa shape index (κ1) is 28.9. The number of methoxy groups -OCH3 is 3. The van der Waals surface area contributed by atoms with Crippen LogP contribution in [0.4, 0.5) is 14.5 Å². The monoisotopic (exact) mass is 827 g/mol. The third-order valence-electron chi connectivity index (χ3n) is 13.8. The number of carbonyl (C=O) groups is 3. The number of benzene rings is 2. The van der Waals surface area contributed by atoms with Crippen molar-refractivity contribution >= 4 is 34.5 Å². The number of esters is 3. The van der Waals surface area contributed by atoms with Crippen molar-refractivity contribution < 1.29 is 62.3 Å². The number of hydrogen-bond donors (Lipinski definition) is 2. The third-order valence-corrected chi connectivity index (χ3v) is 13.8. The number of carbonyl (C=O) groups excluding carboxylic acids is 3. The molecule has 3 fully saturated rings. The maximum absolute atomic E-state index is 16.9. The third kappa shape index (κ3) is 5.17. The Labute approximate surface area is 358 Å². The van der Waals surface area contributed by atoms with Crippen LogP contribution in [0, 0.1) is 17.2 Å². The number of para-hydroxylation sites is 1. The molecule has 2 bridgehead atoms. The molecule has 316 valence electrons. The Morgan fingerprint density at radius 3 is 2.56 bits per heavy atom. The first-order chi connectivity index (χ1) is 32.3. The quantitative estimate of drug-likeness (QED) is 0.188. The average molecular weight is 828 g/mol. The van der Waals surface area contributed by atoms with E-state index in [1.807, 2.05) is 19.1 Å². The molecule has 12 nitrogen and oxygen atoms in total. The Hall–Kier alpha value is -4.53. The maximum atomic E-state index is 16.9. The smallest absolute Gasteiger partial charge is 0.344 e. The number of piperidine rings is 1. The number of aliphatic hydroxyl groups is 1. The number of nitrogens with zero attached hydrogens (tertiary/aromatic N) is 3. The van der Waals surface area contributed by atoms with Gasteiger partial charge in [-0.05, 0) is 68.2 Å². The van der Waals surface area contributed by atoms with Crippen LogP contribution < -0.4 is 9.64 Å². The number of halogens is 2. The summed E-state index contributed by atoms with van der Waals surface area (Å²) in [6, 6.07) is 7.23. The molecule has 1 aliphatic carbocycles. The zero-order valence-electron chi connectivity index (χ0n) is 44.5. The number of hydrogen-bond acceptors (Lipinski definition) is 11. The highest BCUT2D eigenvalue weighted by molar-refractivity contribution is 5.95. The van der Waals surface area contributed by atoms with E-state index in [0.29, 0.717) is 24.3 Å². The van der Waals surface area contributed by atoms with Gasteiger partial charge >= 0.3 is 17.9 Å². The molecule has 6 heterocycles. The Morgan fingerprint density at radius 1 is 1.10 bits per heavy atom. The van der Waals surface area contributed by atoms with Crippen molar-refractivity contribution in [1.82, 2.24) is 14.8 Å². The highest BCUT2D eigenvalue weighted by Crippen LogP contribution is 2.68. The van der Waals surface area contributed by atoms with Gasteiger partial charge in [0.25, 0.3) is 0 Å². The van der Waals surface area contributed by atoms with Crippen LogP contribution in [-0.4, -0.2) is 122 Å². The lowest BCUT2D eigenvalue weighted by Gasteiger charge is -2.63. The van der Waals surface area contributed by atoms with E-state index >= 15 is 13.6 Å². The van der Waals surface area contributed by atoms with Crippen molar-refractivity contribution in [2.45, 2.75) is 93.4 Å². The zero-order valence-corrected chi connectivity index (χ0v) is 33.5. The van der Waals surface area contributed by atoms with Gasteiger partial charge in [-0.3, -0.25) is 19.4 Å². The number of fused-ring (bicyclic) bond motifs is 6. The van der Waals surface area contributed by atoms with Crippen LogP contribution in [0.5, 0.6) is 5.75 Å². The van der Waals surface area contributed by atoms with Gasteiger partial charge in [0.1, 0.15) is 11.2 Å². The van der Waals surface area contributed by atoms with Crippen LogP contribution in [0.25, 0.3) is 10.9 Å². The van der Waals surface area contributed by atoms with Gasteiger partial charge in [-0.1, -0.05) is 37.3 Å². The van der Waals surface area contributed by atoms with Crippen molar-refractivity contribution in [3.05, 3.63) is 70.9 Å². The highest BCUT2D eigenvalue weighted by atomic mass is 19.3. The van der Waals surface area contributed by atoms with Crippen molar-refractivity contribution in [1.29, 1.82) is 0 Å². The minimum absolute atomic E-state index is 0.0863. The van der Waals surface area contributed by atoms with E-state index in [1.165, 1.54) is 25.3 Å². The number of rotatable bonds is 7. The lowest BCUT2D eigenvalue weighted by atomic mass is 9.47. The number of alkyl halides is 2. The number of aromatic nitrogens is 1. The van der Waals surface area contributed by atoms with E-state index in [1.54, 1.807) is 30.1 Å². The molecule has 1 aromatic heterocycles. The molecule has 59 heavy (non-hydrogen) atoms. The topological polar surface area (TPSA) is 134 Å². The van der Waals surface area contributed by atoms with Crippen LogP contribution in [-0.2, 0) is 46.0 Å². The molecule has 5 aliphatic heterocycles. The van der Waals surface area contributed by atoms with Crippen molar-refractivity contribution in [2.75, 3.05) is 59.4 Å². The largest absolute Gasteiger partial charge is 0.496 e. The molecule has 0 amide bonds. The lowest BCUT2D eigenvalue weighted by molar-refractivity contribution is -0.228. The standard InChI is InChI=1S/C45H54F2N4O8/c1-8-42-14-11-16-51-17-15-43(36(42)51)30-19-31(34(56-5)20-33(30)49(4)37(43)45(55,40(54)58-7)38(42)59-25(2)52)44(39(53)57-6)21-26-18-27(41(3,46)47)23-50(22-26)24-29-28-12-9-10-13-32(28)48-35(29)44/h9-14,19-20,26-27,36-38,48,55H,8,15-18,21-24H2,1-7H3/t26-,27+,36?,37?,38+,42+,43+,44-,45-/m0/s1/i3D3,18D2,22D2,23D2,26D,27D. The number of likely N-dealkylation sites (N-methyl/N-ethyl adjacent to an activating group) is 1. The summed E-state index contributed by atoms with van der Waals surface area (Å²) >= 11 is 0.